The van der Waals surface area contributed by atoms with Crippen molar-refractivity contribution in [2.24, 2.45) is 5.92 Å². The van der Waals surface area contributed by atoms with Crippen molar-refractivity contribution in [1.82, 2.24) is 5.32 Å². The minimum absolute atomic E-state index is 0.164. The normalized spacial score (nSPS) is 15.3. The summed E-state index contributed by atoms with van der Waals surface area (Å²) < 4.78 is 4.91. The molecule has 0 fully saturated rings. The molecule has 0 aliphatic heterocycles. The number of nitrogens with one attached hydrogen (secondary N) is 1. The standard InChI is InChI=1S/C11H23NO2/c1-6-14-11(13)10(5)12-9(4)7-8(2)3/h8-10,12H,6-7H2,1-5H3. The van der Waals surface area contributed by atoms with Crippen molar-refractivity contribution in [3.05, 3.63) is 0 Å². The van der Waals surface area contributed by atoms with Crippen LogP contribution in [0.5, 0.6) is 0 Å². The molecule has 0 amide bonds. The third-order valence-electron chi connectivity index (χ3n) is 2.00. The smallest absolute Gasteiger partial charge is 0.322 e. The summed E-state index contributed by atoms with van der Waals surface area (Å²) in [4.78, 5) is 11.3. The molecule has 0 saturated heterocycles. The Kier molecular flexibility index (Phi) is 6.54. The van der Waals surface area contributed by atoms with Crippen LogP contribution in [0.3, 0.4) is 0 Å². The number of hydrogen-bond donors (Lipinski definition) is 1. The summed E-state index contributed by atoms with van der Waals surface area (Å²) in [5.74, 6) is 0.481. The van der Waals surface area contributed by atoms with Crippen LogP contribution in [0, 0.1) is 5.92 Å². The largest absolute Gasteiger partial charge is 0.465 e. The molecule has 0 radical (unpaired) electrons. The van der Waals surface area contributed by atoms with Gasteiger partial charge in [0.15, 0.2) is 0 Å². The number of carbonyl (C=O) groups is 1. The SMILES string of the molecule is CCOC(=O)C(C)NC(C)CC(C)C. The third kappa shape index (κ3) is 5.97. The van der Waals surface area contributed by atoms with Gasteiger partial charge < -0.3 is 10.1 Å². The van der Waals surface area contributed by atoms with E-state index in [-0.39, 0.29) is 12.0 Å². The summed E-state index contributed by atoms with van der Waals surface area (Å²) in [6.45, 7) is 10.6. The highest BCUT2D eigenvalue weighted by Gasteiger charge is 2.16. The summed E-state index contributed by atoms with van der Waals surface area (Å²) in [6, 6.07) is 0.151. The summed E-state index contributed by atoms with van der Waals surface area (Å²) >= 11 is 0. The monoisotopic (exact) mass is 201 g/mol. The van der Waals surface area contributed by atoms with E-state index in [1.54, 1.807) is 0 Å². The fourth-order valence-electron chi connectivity index (χ4n) is 1.54. The Morgan fingerprint density at radius 1 is 1.29 bits per heavy atom. The topological polar surface area (TPSA) is 38.3 Å². The van der Waals surface area contributed by atoms with Gasteiger partial charge in [-0.3, -0.25) is 4.79 Å². The van der Waals surface area contributed by atoms with Crippen LogP contribution in [0.15, 0.2) is 0 Å². The highest BCUT2D eigenvalue weighted by Crippen LogP contribution is 2.04. The second kappa shape index (κ2) is 6.82. The van der Waals surface area contributed by atoms with Crippen molar-refractivity contribution in [3.63, 3.8) is 0 Å². The first kappa shape index (κ1) is 13.4. The molecule has 0 aromatic rings. The molecule has 3 nitrogen and oxygen atoms in total. The van der Waals surface area contributed by atoms with Crippen molar-refractivity contribution < 1.29 is 9.53 Å². The first-order valence-electron chi connectivity index (χ1n) is 5.40. The van der Waals surface area contributed by atoms with E-state index in [9.17, 15) is 4.79 Å². The summed E-state index contributed by atoms with van der Waals surface area (Å²) in [7, 11) is 0. The van der Waals surface area contributed by atoms with Crippen molar-refractivity contribution >= 4 is 5.97 Å². The zero-order valence-corrected chi connectivity index (χ0v) is 9.96. The number of hydrogen-bond acceptors (Lipinski definition) is 3. The van der Waals surface area contributed by atoms with E-state index < -0.39 is 0 Å². The number of ether oxygens (including phenoxy) is 1. The lowest BCUT2D eigenvalue weighted by Crippen LogP contribution is -2.41. The Labute approximate surface area is 87.2 Å². The maximum absolute atomic E-state index is 11.3. The fourth-order valence-corrected chi connectivity index (χ4v) is 1.54. The van der Waals surface area contributed by atoms with E-state index in [1.807, 2.05) is 13.8 Å². The Morgan fingerprint density at radius 2 is 1.86 bits per heavy atom. The molecule has 2 atom stereocenters. The van der Waals surface area contributed by atoms with Crippen molar-refractivity contribution in [1.29, 1.82) is 0 Å². The molecule has 0 bridgehead atoms. The molecule has 0 saturated carbocycles. The van der Waals surface area contributed by atoms with Gasteiger partial charge >= 0.3 is 5.97 Å². The zero-order chi connectivity index (χ0) is 11.1. The average molecular weight is 201 g/mol. The van der Waals surface area contributed by atoms with Crippen LogP contribution >= 0.6 is 0 Å². The minimum atomic E-state index is -0.205. The van der Waals surface area contributed by atoms with E-state index in [0.29, 0.717) is 18.6 Å². The van der Waals surface area contributed by atoms with E-state index in [0.717, 1.165) is 6.42 Å². The van der Waals surface area contributed by atoms with Gasteiger partial charge in [-0.05, 0) is 33.1 Å². The summed E-state index contributed by atoms with van der Waals surface area (Å²) in [5.41, 5.74) is 0. The maximum Gasteiger partial charge on any atom is 0.322 e. The van der Waals surface area contributed by atoms with Crippen LogP contribution in [0.2, 0.25) is 0 Å². The van der Waals surface area contributed by atoms with Gasteiger partial charge in [0.25, 0.3) is 0 Å². The number of carbonyl (C=O) groups excluding carboxylic acids is 1. The van der Waals surface area contributed by atoms with Crippen molar-refractivity contribution in [2.75, 3.05) is 6.61 Å². The predicted molar refractivity (Wildman–Crippen MR) is 58.1 cm³/mol. The van der Waals surface area contributed by atoms with Crippen LogP contribution in [-0.2, 0) is 9.53 Å². The lowest BCUT2D eigenvalue weighted by molar-refractivity contribution is -0.145. The van der Waals surface area contributed by atoms with E-state index in [2.05, 4.69) is 26.1 Å². The zero-order valence-electron chi connectivity index (χ0n) is 9.96. The molecule has 0 aromatic carbocycles. The molecule has 0 aromatic heterocycles. The van der Waals surface area contributed by atoms with Crippen LogP contribution in [0.1, 0.15) is 41.0 Å². The molecule has 0 spiro atoms. The molecule has 0 rings (SSSR count). The fraction of sp³-hybridized carbons (Fsp3) is 0.909. The predicted octanol–water partition coefficient (Wildman–Crippen LogP) is 1.96. The molecular weight excluding hydrogens is 178 g/mol. The quantitative estimate of drug-likeness (QED) is 0.668. The summed E-state index contributed by atoms with van der Waals surface area (Å²) in [6.07, 6.45) is 1.07. The van der Waals surface area contributed by atoms with Crippen LogP contribution in [0.25, 0.3) is 0 Å². The molecule has 2 unspecified atom stereocenters. The highest BCUT2D eigenvalue weighted by atomic mass is 16.5. The van der Waals surface area contributed by atoms with Crippen LogP contribution in [-0.4, -0.2) is 24.7 Å². The average Bonchev–Trinajstić information content (AvgIpc) is 2.02. The molecule has 0 aliphatic carbocycles. The molecule has 1 N–H and O–H groups in total. The van der Waals surface area contributed by atoms with E-state index in [4.69, 9.17) is 4.74 Å². The van der Waals surface area contributed by atoms with Crippen LogP contribution in [0.4, 0.5) is 0 Å². The van der Waals surface area contributed by atoms with E-state index in [1.165, 1.54) is 0 Å². The van der Waals surface area contributed by atoms with Gasteiger partial charge in [0, 0.05) is 6.04 Å². The maximum atomic E-state index is 11.3. The molecular formula is C11H23NO2. The second-order valence-corrected chi connectivity index (χ2v) is 4.17. The Balaban J connectivity index is 3.80. The molecule has 0 heterocycles. The second-order valence-electron chi connectivity index (χ2n) is 4.17. The third-order valence-corrected chi connectivity index (χ3v) is 2.00. The van der Waals surface area contributed by atoms with E-state index >= 15 is 0 Å². The number of rotatable bonds is 6. The number of esters is 1. The molecule has 3 heteroatoms. The van der Waals surface area contributed by atoms with Gasteiger partial charge in [0.1, 0.15) is 6.04 Å². The molecule has 14 heavy (non-hydrogen) atoms. The first-order chi connectivity index (χ1) is 6.47. The van der Waals surface area contributed by atoms with Gasteiger partial charge in [0.05, 0.1) is 6.61 Å². The summed E-state index contributed by atoms with van der Waals surface area (Å²) in [5, 5.41) is 3.22. The van der Waals surface area contributed by atoms with Gasteiger partial charge in [-0.2, -0.15) is 0 Å². The van der Waals surface area contributed by atoms with Gasteiger partial charge in [-0.15, -0.1) is 0 Å². The molecule has 84 valence electrons. The first-order valence-corrected chi connectivity index (χ1v) is 5.40. The highest BCUT2D eigenvalue weighted by molar-refractivity contribution is 5.75. The van der Waals surface area contributed by atoms with Crippen molar-refractivity contribution in [3.8, 4) is 0 Å². The van der Waals surface area contributed by atoms with Gasteiger partial charge in [0.2, 0.25) is 0 Å². The van der Waals surface area contributed by atoms with Crippen LogP contribution < -0.4 is 5.32 Å². The van der Waals surface area contributed by atoms with Gasteiger partial charge in [-0.1, -0.05) is 13.8 Å². The molecule has 0 aliphatic rings. The Bertz CT molecular complexity index is 169. The van der Waals surface area contributed by atoms with Gasteiger partial charge in [-0.25, -0.2) is 0 Å². The lowest BCUT2D eigenvalue weighted by Gasteiger charge is -2.20. The Morgan fingerprint density at radius 3 is 2.29 bits per heavy atom. The lowest BCUT2D eigenvalue weighted by atomic mass is 10.0. The Hall–Kier alpha value is -0.570. The van der Waals surface area contributed by atoms with Crippen molar-refractivity contribution in [2.45, 2.75) is 53.1 Å². The minimum Gasteiger partial charge on any atom is -0.465 e.